The Labute approximate surface area is 154 Å². The van der Waals surface area contributed by atoms with E-state index in [0.29, 0.717) is 11.3 Å². The Hall–Kier alpha value is -3.94. The smallest absolute Gasteiger partial charge is 0.274 e. The number of imidazole rings is 1. The molecule has 8 heteroatoms. The molecule has 0 spiro atoms. The minimum atomic E-state index is -0.704. The highest BCUT2D eigenvalue weighted by Gasteiger charge is 2.20. The number of nitrogens with one attached hydrogen (secondary N) is 1. The van der Waals surface area contributed by atoms with Crippen LogP contribution >= 0.6 is 0 Å². The molecule has 0 fully saturated rings. The van der Waals surface area contributed by atoms with Gasteiger partial charge in [0.25, 0.3) is 11.8 Å². The van der Waals surface area contributed by atoms with Gasteiger partial charge >= 0.3 is 0 Å². The number of nitrogens with two attached hydrogens (primary N) is 1. The van der Waals surface area contributed by atoms with E-state index in [4.69, 9.17) is 5.73 Å². The number of benzene rings is 1. The number of fused-ring (bicyclic) bond motifs is 1. The first-order valence-corrected chi connectivity index (χ1v) is 8.20. The Balaban J connectivity index is 1.64. The van der Waals surface area contributed by atoms with Gasteiger partial charge in [0.1, 0.15) is 11.3 Å². The zero-order valence-electron chi connectivity index (χ0n) is 14.5. The summed E-state index contributed by atoms with van der Waals surface area (Å²) in [7, 11) is 1.57. The van der Waals surface area contributed by atoms with Crippen LogP contribution < -0.4 is 11.1 Å². The average Bonchev–Trinajstić information content (AvgIpc) is 3.25. The number of carbonyl (C=O) groups is 2. The zero-order chi connectivity index (χ0) is 19.0. The summed E-state index contributed by atoms with van der Waals surface area (Å²) in [5, 5.41) is 6.69. The van der Waals surface area contributed by atoms with E-state index >= 15 is 0 Å². The molecule has 0 aliphatic heterocycles. The standard InChI is InChI=1S/C19H16N6O2/c1-24-17(14(10-21-24)18(20)26)19(27)22-13-7-8-25-11-15(23-16(25)9-13)12-5-3-2-4-6-12/h2-11H,1H3,(H2,20,26)(H,22,27). The van der Waals surface area contributed by atoms with E-state index in [2.05, 4.69) is 15.4 Å². The maximum Gasteiger partial charge on any atom is 0.274 e. The van der Waals surface area contributed by atoms with Gasteiger partial charge in [0.05, 0.1) is 17.5 Å². The second-order valence-corrected chi connectivity index (χ2v) is 6.02. The van der Waals surface area contributed by atoms with Gasteiger partial charge in [-0.2, -0.15) is 5.10 Å². The SMILES string of the molecule is Cn1ncc(C(N)=O)c1C(=O)Nc1ccn2cc(-c3ccccc3)nc2c1. The first-order chi connectivity index (χ1) is 13.0. The number of hydrogen-bond acceptors (Lipinski definition) is 4. The van der Waals surface area contributed by atoms with Crippen molar-refractivity contribution in [1.82, 2.24) is 19.2 Å². The molecule has 0 saturated heterocycles. The second-order valence-electron chi connectivity index (χ2n) is 6.02. The minimum Gasteiger partial charge on any atom is -0.365 e. The highest BCUT2D eigenvalue weighted by atomic mass is 16.2. The lowest BCUT2D eigenvalue weighted by Crippen LogP contribution is -2.22. The normalized spacial score (nSPS) is 10.9. The molecule has 0 aliphatic carbocycles. The van der Waals surface area contributed by atoms with Crippen LogP contribution in [0.2, 0.25) is 0 Å². The van der Waals surface area contributed by atoms with Crippen molar-refractivity contribution < 1.29 is 9.59 Å². The van der Waals surface area contributed by atoms with Crippen molar-refractivity contribution in [2.75, 3.05) is 5.32 Å². The summed E-state index contributed by atoms with van der Waals surface area (Å²) in [6, 6.07) is 13.3. The largest absolute Gasteiger partial charge is 0.365 e. The van der Waals surface area contributed by atoms with E-state index in [0.717, 1.165) is 11.3 Å². The van der Waals surface area contributed by atoms with Crippen molar-refractivity contribution >= 4 is 23.1 Å². The summed E-state index contributed by atoms with van der Waals surface area (Å²) < 4.78 is 3.19. The van der Waals surface area contributed by atoms with Gasteiger partial charge in [-0.15, -0.1) is 0 Å². The first kappa shape index (κ1) is 16.5. The van der Waals surface area contributed by atoms with E-state index in [-0.39, 0.29) is 11.3 Å². The fourth-order valence-corrected chi connectivity index (χ4v) is 2.89. The average molecular weight is 360 g/mol. The third kappa shape index (κ3) is 3.04. The lowest BCUT2D eigenvalue weighted by molar-refractivity contribution is 0.0973. The first-order valence-electron chi connectivity index (χ1n) is 8.20. The van der Waals surface area contributed by atoms with E-state index in [9.17, 15) is 9.59 Å². The Morgan fingerprint density at radius 3 is 2.67 bits per heavy atom. The quantitative estimate of drug-likeness (QED) is 0.581. The van der Waals surface area contributed by atoms with Gasteiger partial charge in [0.2, 0.25) is 0 Å². The number of aryl methyl sites for hydroxylation is 1. The van der Waals surface area contributed by atoms with Crippen LogP contribution in [0, 0.1) is 0 Å². The molecule has 0 atom stereocenters. The maximum atomic E-state index is 12.6. The van der Waals surface area contributed by atoms with Crippen LogP contribution in [0.1, 0.15) is 20.8 Å². The number of carbonyl (C=O) groups excluding carboxylic acids is 2. The van der Waals surface area contributed by atoms with E-state index in [1.807, 2.05) is 47.1 Å². The third-order valence-electron chi connectivity index (χ3n) is 4.21. The van der Waals surface area contributed by atoms with Crippen molar-refractivity contribution in [3.05, 3.63) is 72.3 Å². The molecule has 3 N–H and O–H groups in total. The van der Waals surface area contributed by atoms with Crippen molar-refractivity contribution in [1.29, 1.82) is 0 Å². The number of aromatic nitrogens is 4. The Kier molecular flexibility index (Phi) is 3.92. The number of primary amides is 1. The van der Waals surface area contributed by atoms with Crippen molar-refractivity contribution in [2.45, 2.75) is 0 Å². The van der Waals surface area contributed by atoms with Gasteiger partial charge in [0.15, 0.2) is 0 Å². The molecule has 0 unspecified atom stereocenters. The maximum absolute atomic E-state index is 12.6. The number of nitrogens with zero attached hydrogens (tertiary/aromatic N) is 4. The van der Waals surface area contributed by atoms with Crippen molar-refractivity contribution in [3.8, 4) is 11.3 Å². The molecule has 3 heterocycles. The summed E-state index contributed by atoms with van der Waals surface area (Å²) in [6.45, 7) is 0. The summed E-state index contributed by atoms with van der Waals surface area (Å²) >= 11 is 0. The van der Waals surface area contributed by atoms with Crippen LogP contribution in [0.15, 0.2) is 61.1 Å². The molecule has 0 aliphatic rings. The van der Waals surface area contributed by atoms with E-state index < -0.39 is 11.8 Å². The number of amides is 2. The second kappa shape index (κ2) is 6.41. The van der Waals surface area contributed by atoms with Gasteiger partial charge in [0, 0.05) is 36.8 Å². The molecule has 134 valence electrons. The summed E-state index contributed by atoms with van der Waals surface area (Å²) in [5.41, 5.74) is 8.56. The molecule has 2 amide bonds. The molecule has 0 saturated carbocycles. The Morgan fingerprint density at radius 1 is 1.15 bits per heavy atom. The minimum absolute atomic E-state index is 0.0725. The number of hydrogen-bond donors (Lipinski definition) is 2. The van der Waals surface area contributed by atoms with Crippen LogP contribution in [-0.2, 0) is 7.05 Å². The number of anilines is 1. The Morgan fingerprint density at radius 2 is 1.93 bits per heavy atom. The van der Waals surface area contributed by atoms with Gasteiger partial charge < -0.3 is 15.5 Å². The highest BCUT2D eigenvalue weighted by Crippen LogP contribution is 2.21. The molecule has 4 aromatic rings. The van der Waals surface area contributed by atoms with Gasteiger partial charge in [-0.3, -0.25) is 14.3 Å². The van der Waals surface area contributed by atoms with Gasteiger partial charge in [-0.25, -0.2) is 4.98 Å². The monoisotopic (exact) mass is 360 g/mol. The summed E-state index contributed by atoms with van der Waals surface area (Å²) in [5.74, 6) is -1.17. The Bertz CT molecular complexity index is 1160. The highest BCUT2D eigenvalue weighted by molar-refractivity contribution is 6.10. The van der Waals surface area contributed by atoms with Crippen LogP contribution in [0.5, 0.6) is 0 Å². The van der Waals surface area contributed by atoms with Crippen LogP contribution in [0.25, 0.3) is 16.9 Å². The fraction of sp³-hybridized carbons (Fsp3) is 0.0526. The van der Waals surface area contributed by atoms with Crippen molar-refractivity contribution in [3.63, 3.8) is 0 Å². The molecule has 8 nitrogen and oxygen atoms in total. The predicted molar refractivity (Wildman–Crippen MR) is 100 cm³/mol. The van der Waals surface area contributed by atoms with Crippen LogP contribution in [0.3, 0.4) is 0 Å². The lowest BCUT2D eigenvalue weighted by atomic mass is 10.2. The van der Waals surface area contributed by atoms with E-state index in [1.165, 1.54) is 10.9 Å². The summed E-state index contributed by atoms with van der Waals surface area (Å²) in [6.07, 6.45) is 5.01. The van der Waals surface area contributed by atoms with Gasteiger partial charge in [-0.05, 0) is 6.07 Å². The molecule has 1 aromatic carbocycles. The molecule has 4 rings (SSSR count). The topological polar surface area (TPSA) is 107 Å². The van der Waals surface area contributed by atoms with Gasteiger partial charge in [-0.1, -0.05) is 30.3 Å². The summed E-state index contributed by atoms with van der Waals surface area (Å²) in [4.78, 5) is 28.7. The van der Waals surface area contributed by atoms with Crippen LogP contribution in [0.4, 0.5) is 5.69 Å². The zero-order valence-corrected chi connectivity index (χ0v) is 14.5. The predicted octanol–water partition coefficient (Wildman–Crippen LogP) is 2.09. The van der Waals surface area contributed by atoms with E-state index in [1.54, 1.807) is 19.2 Å². The molecule has 27 heavy (non-hydrogen) atoms. The third-order valence-corrected chi connectivity index (χ3v) is 4.21. The number of pyridine rings is 1. The molecular formula is C19H16N6O2. The fourth-order valence-electron chi connectivity index (χ4n) is 2.89. The number of rotatable bonds is 4. The molecular weight excluding hydrogens is 344 g/mol. The van der Waals surface area contributed by atoms with Crippen LogP contribution in [-0.4, -0.2) is 31.0 Å². The van der Waals surface area contributed by atoms with Crippen molar-refractivity contribution in [2.24, 2.45) is 12.8 Å². The molecule has 0 radical (unpaired) electrons. The molecule has 0 bridgehead atoms. The molecule has 3 aromatic heterocycles. The lowest BCUT2D eigenvalue weighted by Gasteiger charge is -2.07.